The highest BCUT2D eigenvalue weighted by molar-refractivity contribution is 5.87. The molecule has 22 heavy (non-hydrogen) atoms. The Morgan fingerprint density at radius 2 is 1.73 bits per heavy atom. The van der Waals surface area contributed by atoms with Crippen molar-refractivity contribution in [1.29, 1.82) is 0 Å². The molecule has 1 saturated heterocycles. The Morgan fingerprint density at radius 1 is 1.05 bits per heavy atom. The summed E-state index contributed by atoms with van der Waals surface area (Å²) in [5.74, 6) is 0. The number of fused-ring (bicyclic) bond motifs is 4. The van der Waals surface area contributed by atoms with Crippen LogP contribution in [0.25, 0.3) is 10.9 Å². The number of piperidine rings is 1. The number of hydrogen-bond donors (Lipinski definition) is 1. The number of nitrogens with zero attached hydrogens (tertiary/aromatic N) is 2. The molecule has 1 aromatic carbocycles. The van der Waals surface area contributed by atoms with Crippen molar-refractivity contribution in [3.05, 3.63) is 35.5 Å². The molecule has 0 amide bonds. The van der Waals surface area contributed by atoms with Gasteiger partial charge in [0.15, 0.2) is 0 Å². The molecule has 1 spiro atoms. The van der Waals surface area contributed by atoms with Crippen molar-refractivity contribution in [3.8, 4) is 0 Å². The Morgan fingerprint density at radius 3 is 2.45 bits per heavy atom. The molecule has 2 aliphatic rings. The van der Waals surface area contributed by atoms with Crippen LogP contribution < -0.4 is 5.32 Å². The lowest BCUT2D eigenvalue weighted by molar-refractivity contribution is 0.110. The quantitative estimate of drug-likeness (QED) is 0.806. The van der Waals surface area contributed by atoms with Crippen LogP contribution in [0.2, 0.25) is 0 Å². The van der Waals surface area contributed by atoms with E-state index >= 15 is 0 Å². The predicted octanol–water partition coefficient (Wildman–Crippen LogP) is 3.02. The van der Waals surface area contributed by atoms with Gasteiger partial charge < -0.3 is 14.8 Å². The summed E-state index contributed by atoms with van der Waals surface area (Å²) in [5, 5.41) is 5.50. The number of likely N-dealkylation sites (tertiary alicyclic amines) is 1. The molecule has 0 radical (unpaired) electrons. The lowest BCUT2D eigenvalue weighted by Crippen LogP contribution is -2.61. The molecule has 3 heterocycles. The average molecular weight is 297 g/mol. The van der Waals surface area contributed by atoms with Gasteiger partial charge in [0.25, 0.3) is 0 Å². The lowest BCUT2D eigenvalue weighted by atomic mass is 9.72. The Hall–Kier alpha value is -1.32. The zero-order valence-corrected chi connectivity index (χ0v) is 14.2. The molecule has 2 aromatic rings. The maximum atomic E-state index is 4.05. The highest BCUT2D eigenvalue weighted by Gasteiger charge is 2.46. The van der Waals surface area contributed by atoms with Gasteiger partial charge in [-0.2, -0.15) is 0 Å². The van der Waals surface area contributed by atoms with Crippen molar-refractivity contribution in [2.45, 2.75) is 44.2 Å². The highest BCUT2D eigenvalue weighted by Crippen LogP contribution is 2.45. The molecule has 3 heteroatoms. The van der Waals surface area contributed by atoms with Gasteiger partial charge in [0.1, 0.15) is 0 Å². The van der Waals surface area contributed by atoms with Crippen molar-refractivity contribution in [1.82, 2.24) is 14.8 Å². The number of hydrogen-bond acceptors (Lipinski definition) is 2. The van der Waals surface area contributed by atoms with Crippen LogP contribution in [-0.4, -0.2) is 35.1 Å². The molecule has 0 aliphatic carbocycles. The average Bonchev–Trinajstić information content (AvgIpc) is 2.75. The minimum absolute atomic E-state index is 0.143. The minimum Gasteiger partial charge on any atom is -0.347 e. The zero-order chi connectivity index (χ0) is 15.5. The minimum atomic E-state index is 0.143. The van der Waals surface area contributed by atoms with Gasteiger partial charge in [0, 0.05) is 46.7 Å². The maximum Gasteiger partial charge on any atom is 0.0487 e. The largest absolute Gasteiger partial charge is 0.347 e. The monoisotopic (exact) mass is 297 g/mol. The van der Waals surface area contributed by atoms with Crippen molar-refractivity contribution in [2.75, 3.05) is 20.1 Å². The lowest BCUT2D eigenvalue weighted by Gasteiger charge is -2.50. The van der Waals surface area contributed by atoms with E-state index in [0.29, 0.717) is 0 Å². The van der Waals surface area contributed by atoms with Gasteiger partial charge in [-0.15, -0.1) is 0 Å². The summed E-state index contributed by atoms with van der Waals surface area (Å²) in [6.45, 7) is 7.05. The number of benzene rings is 1. The van der Waals surface area contributed by atoms with Crippen molar-refractivity contribution in [2.24, 2.45) is 7.05 Å². The first-order chi connectivity index (χ1) is 10.4. The molecule has 0 unspecified atom stereocenters. The molecule has 0 atom stereocenters. The summed E-state index contributed by atoms with van der Waals surface area (Å²) in [6.07, 6.45) is 3.51. The fourth-order valence-electron chi connectivity index (χ4n) is 4.74. The zero-order valence-electron chi connectivity index (χ0n) is 14.2. The Labute approximate surface area is 133 Å². The Bertz CT molecular complexity index is 718. The summed E-state index contributed by atoms with van der Waals surface area (Å²) in [4.78, 5) is 2.46. The molecule has 118 valence electrons. The van der Waals surface area contributed by atoms with E-state index in [9.17, 15) is 0 Å². The third-order valence-corrected chi connectivity index (χ3v) is 5.73. The predicted molar refractivity (Wildman–Crippen MR) is 92.2 cm³/mol. The van der Waals surface area contributed by atoms with Crippen molar-refractivity contribution < 1.29 is 0 Å². The molecule has 3 nitrogen and oxygen atoms in total. The van der Waals surface area contributed by atoms with E-state index < -0.39 is 0 Å². The Balaban J connectivity index is 1.98. The van der Waals surface area contributed by atoms with Gasteiger partial charge in [0.2, 0.25) is 0 Å². The van der Waals surface area contributed by atoms with E-state index in [1.807, 2.05) is 0 Å². The molecule has 0 saturated carbocycles. The van der Waals surface area contributed by atoms with Crippen LogP contribution in [0.15, 0.2) is 24.3 Å². The summed E-state index contributed by atoms with van der Waals surface area (Å²) < 4.78 is 2.44. The fraction of sp³-hybridized carbons (Fsp3) is 0.579. The SMILES string of the molecule is CN1CCC2(CC1)NC(C)(C)Cc1c2c2ccccc2n1C. The van der Waals surface area contributed by atoms with E-state index in [1.54, 1.807) is 5.56 Å². The van der Waals surface area contributed by atoms with Crippen LogP contribution in [-0.2, 0) is 19.0 Å². The van der Waals surface area contributed by atoms with Crippen LogP contribution >= 0.6 is 0 Å². The van der Waals surface area contributed by atoms with Crippen molar-refractivity contribution >= 4 is 10.9 Å². The van der Waals surface area contributed by atoms with Crippen LogP contribution in [0.3, 0.4) is 0 Å². The van der Waals surface area contributed by atoms with Gasteiger partial charge in [-0.25, -0.2) is 0 Å². The van der Waals surface area contributed by atoms with Crippen LogP contribution in [0, 0.1) is 0 Å². The molecule has 1 aromatic heterocycles. The molecular weight excluding hydrogens is 270 g/mol. The van der Waals surface area contributed by atoms with E-state index in [1.165, 1.54) is 42.5 Å². The number of nitrogens with one attached hydrogen (secondary N) is 1. The van der Waals surface area contributed by atoms with E-state index in [4.69, 9.17) is 0 Å². The van der Waals surface area contributed by atoms with Gasteiger partial charge in [-0.3, -0.25) is 0 Å². The molecule has 4 rings (SSSR count). The van der Waals surface area contributed by atoms with Gasteiger partial charge in [0.05, 0.1) is 0 Å². The summed E-state index contributed by atoms with van der Waals surface area (Å²) in [7, 11) is 4.48. The van der Waals surface area contributed by atoms with Gasteiger partial charge >= 0.3 is 0 Å². The number of para-hydroxylation sites is 1. The van der Waals surface area contributed by atoms with Crippen LogP contribution in [0.4, 0.5) is 0 Å². The summed E-state index contributed by atoms with van der Waals surface area (Å²) >= 11 is 0. The summed E-state index contributed by atoms with van der Waals surface area (Å²) in [6, 6.07) is 8.93. The number of rotatable bonds is 0. The molecule has 1 N–H and O–H groups in total. The van der Waals surface area contributed by atoms with Crippen LogP contribution in [0.5, 0.6) is 0 Å². The first-order valence-electron chi connectivity index (χ1n) is 8.47. The second-order valence-corrected chi connectivity index (χ2v) is 7.97. The molecule has 2 aliphatic heterocycles. The second kappa shape index (κ2) is 4.59. The van der Waals surface area contributed by atoms with Crippen molar-refractivity contribution in [3.63, 3.8) is 0 Å². The second-order valence-electron chi connectivity index (χ2n) is 7.97. The van der Waals surface area contributed by atoms with Crippen LogP contribution in [0.1, 0.15) is 37.9 Å². The molecule has 0 bridgehead atoms. The van der Waals surface area contributed by atoms with Gasteiger partial charge in [-0.1, -0.05) is 18.2 Å². The van der Waals surface area contributed by atoms with E-state index in [-0.39, 0.29) is 11.1 Å². The first-order valence-corrected chi connectivity index (χ1v) is 8.47. The molecular formula is C19H27N3. The topological polar surface area (TPSA) is 20.2 Å². The van der Waals surface area contributed by atoms with E-state index in [0.717, 1.165) is 6.42 Å². The van der Waals surface area contributed by atoms with Gasteiger partial charge in [-0.05, 0) is 52.9 Å². The normalized spacial score (nSPS) is 23.8. The standard InChI is InChI=1S/C19H27N3/c1-18(2)13-16-17(14-7-5-6-8-15(14)22(16)4)19(20-18)9-11-21(3)12-10-19/h5-8,20H,9-13H2,1-4H3. The number of aromatic nitrogens is 1. The van der Waals surface area contributed by atoms with E-state index in [2.05, 4.69) is 67.0 Å². The first kappa shape index (κ1) is 14.3. The highest BCUT2D eigenvalue weighted by atomic mass is 15.2. The maximum absolute atomic E-state index is 4.05. The summed E-state index contributed by atoms with van der Waals surface area (Å²) in [5.41, 5.74) is 4.80. The third-order valence-electron chi connectivity index (χ3n) is 5.73. The third kappa shape index (κ3) is 1.95. The Kier molecular flexibility index (Phi) is 2.98. The molecule has 1 fully saturated rings. The fourth-order valence-corrected chi connectivity index (χ4v) is 4.74. The smallest absolute Gasteiger partial charge is 0.0487 e. The number of aryl methyl sites for hydroxylation is 1.